The van der Waals surface area contributed by atoms with E-state index in [2.05, 4.69) is 48.5 Å². The molecule has 0 N–H and O–H groups in total. The molecule has 2 aromatic carbocycles. The zero-order chi connectivity index (χ0) is 10.3. The summed E-state index contributed by atoms with van der Waals surface area (Å²) in [7, 11) is 0. The Morgan fingerprint density at radius 2 is 1.87 bits per heavy atom. The molecule has 1 saturated carbocycles. The monoisotopic (exact) mass is 193 g/mol. The van der Waals surface area contributed by atoms with Crippen molar-refractivity contribution in [2.24, 2.45) is 5.92 Å². The van der Waals surface area contributed by atoms with Crippen LogP contribution in [-0.2, 0) is 0 Å². The van der Waals surface area contributed by atoms with Gasteiger partial charge in [0.25, 0.3) is 0 Å². The molecule has 0 heterocycles. The van der Waals surface area contributed by atoms with Gasteiger partial charge in [-0.2, -0.15) is 5.26 Å². The molecule has 0 bridgehead atoms. The average Bonchev–Trinajstić information content (AvgIpc) is 3.07. The van der Waals surface area contributed by atoms with Crippen molar-refractivity contribution in [1.82, 2.24) is 0 Å². The van der Waals surface area contributed by atoms with Gasteiger partial charge in [0.1, 0.15) is 0 Å². The molecule has 1 aliphatic carbocycles. The molecule has 2 atom stereocenters. The molecule has 72 valence electrons. The standard InChI is InChI=1S/C14H11N/c15-9-11-8-14(11)13-7-3-5-10-4-1-2-6-12(10)13/h1-7,11,14H,8H2/t11-,14-/m1/s1. The summed E-state index contributed by atoms with van der Waals surface area (Å²) in [5, 5.41) is 11.4. The molecule has 1 aliphatic rings. The molecule has 3 rings (SSSR count). The zero-order valence-corrected chi connectivity index (χ0v) is 8.35. The van der Waals surface area contributed by atoms with E-state index in [4.69, 9.17) is 5.26 Å². The van der Waals surface area contributed by atoms with Crippen molar-refractivity contribution in [3.63, 3.8) is 0 Å². The van der Waals surface area contributed by atoms with Crippen LogP contribution in [0, 0.1) is 17.2 Å². The summed E-state index contributed by atoms with van der Waals surface area (Å²) in [6.45, 7) is 0. The van der Waals surface area contributed by atoms with Gasteiger partial charge in [0.2, 0.25) is 0 Å². The first-order valence-corrected chi connectivity index (χ1v) is 5.27. The van der Waals surface area contributed by atoms with E-state index in [0.717, 1.165) is 6.42 Å². The van der Waals surface area contributed by atoms with E-state index in [1.165, 1.54) is 16.3 Å². The first-order chi connectivity index (χ1) is 7.40. The summed E-state index contributed by atoms with van der Waals surface area (Å²) in [6.07, 6.45) is 1.03. The summed E-state index contributed by atoms with van der Waals surface area (Å²) in [5.41, 5.74) is 1.35. The molecule has 1 heteroatoms. The molecule has 0 radical (unpaired) electrons. The van der Waals surface area contributed by atoms with Crippen molar-refractivity contribution in [3.05, 3.63) is 48.0 Å². The van der Waals surface area contributed by atoms with Crippen LogP contribution in [0.5, 0.6) is 0 Å². The van der Waals surface area contributed by atoms with Gasteiger partial charge >= 0.3 is 0 Å². The van der Waals surface area contributed by atoms with Gasteiger partial charge in [-0.05, 0) is 22.8 Å². The molecular formula is C14H11N. The highest BCUT2D eigenvalue weighted by Crippen LogP contribution is 2.48. The largest absolute Gasteiger partial charge is 0.198 e. The maximum absolute atomic E-state index is 8.86. The third-order valence-corrected chi connectivity index (χ3v) is 3.18. The van der Waals surface area contributed by atoms with Crippen LogP contribution < -0.4 is 0 Å². The van der Waals surface area contributed by atoms with Crippen LogP contribution in [0.2, 0.25) is 0 Å². The van der Waals surface area contributed by atoms with E-state index >= 15 is 0 Å². The number of nitrogens with zero attached hydrogens (tertiary/aromatic N) is 1. The van der Waals surface area contributed by atoms with E-state index in [0.29, 0.717) is 5.92 Å². The molecule has 1 nitrogen and oxygen atoms in total. The van der Waals surface area contributed by atoms with Gasteiger partial charge < -0.3 is 0 Å². The van der Waals surface area contributed by atoms with E-state index in [-0.39, 0.29) is 5.92 Å². The van der Waals surface area contributed by atoms with Crippen LogP contribution in [0.4, 0.5) is 0 Å². The summed E-state index contributed by atoms with van der Waals surface area (Å²) in [5.74, 6) is 0.719. The van der Waals surface area contributed by atoms with Crippen molar-refractivity contribution in [2.75, 3.05) is 0 Å². The average molecular weight is 193 g/mol. The fourth-order valence-corrected chi connectivity index (χ4v) is 2.26. The molecule has 15 heavy (non-hydrogen) atoms. The first-order valence-electron chi connectivity index (χ1n) is 5.27. The molecule has 0 amide bonds. The predicted octanol–water partition coefficient (Wildman–Crippen LogP) is 3.47. The fourth-order valence-electron chi connectivity index (χ4n) is 2.26. The Bertz CT molecular complexity index is 545. The lowest BCUT2D eigenvalue weighted by Gasteiger charge is -2.04. The third-order valence-electron chi connectivity index (χ3n) is 3.18. The highest BCUT2D eigenvalue weighted by atomic mass is 14.4. The normalized spacial score (nSPS) is 23.7. The van der Waals surface area contributed by atoms with E-state index in [1.54, 1.807) is 0 Å². The second-order valence-corrected chi connectivity index (χ2v) is 4.15. The van der Waals surface area contributed by atoms with Gasteiger partial charge in [-0.1, -0.05) is 42.5 Å². The fraction of sp³-hybridized carbons (Fsp3) is 0.214. The van der Waals surface area contributed by atoms with Crippen molar-refractivity contribution in [2.45, 2.75) is 12.3 Å². The summed E-state index contributed by atoms with van der Waals surface area (Å²) in [6, 6.07) is 17.1. The van der Waals surface area contributed by atoms with Crippen LogP contribution in [0.3, 0.4) is 0 Å². The third kappa shape index (κ3) is 1.30. The Labute approximate surface area is 89.0 Å². The van der Waals surface area contributed by atoms with Crippen LogP contribution in [-0.4, -0.2) is 0 Å². The maximum atomic E-state index is 8.86. The van der Waals surface area contributed by atoms with Crippen molar-refractivity contribution in [3.8, 4) is 6.07 Å². The molecule has 0 saturated heterocycles. The lowest BCUT2D eigenvalue weighted by molar-refractivity contribution is 1.03. The lowest BCUT2D eigenvalue weighted by atomic mass is 10.0. The predicted molar refractivity (Wildman–Crippen MR) is 60.4 cm³/mol. The topological polar surface area (TPSA) is 23.8 Å². The van der Waals surface area contributed by atoms with Crippen LogP contribution >= 0.6 is 0 Å². The SMILES string of the molecule is N#C[C@H]1C[C@H]1c1cccc2ccccc12. The molecule has 0 spiro atoms. The van der Waals surface area contributed by atoms with Crippen LogP contribution in [0.25, 0.3) is 10.8 Å². The van der Waals surface area contributed by atoms with Crippen molar-refractivity contribution in [1.29, 1.82) is 5.26 Å². The molecular weight excluding hydrogens is 182 g/mol. The summed E-state index contributed by atoms with van der Waals surface area (Å²) < 4.78 is 0. The summed E-state index contributed by atoms with van der Waals surface area (Å²) in [4.78, 5) is 0. The van der Waals surface area contributed by atoms with Gasteiger partial charge in [0.15, 0.2) is 0 Å². The van der Waals surface area contributed by atoms with Gasteiger partial charge in [-0.25, -0.2) is 0 Å². The van der Waals surface area contributed by atoms with Gasteiger partial charge in [-0.15, -0.1) is 0 Å². The lowest BCUT2D eigenvalue weighted by Crippen LogP contribution is -1.84. The van der Waals surface area contributed by atoms with E-state index < -0.39 is 0 Å². The zero-order valence-electron chi connectivity index (χ0n) is 8.35. The second-order valence-electron chi connectivity index (χ2n) is 4.15. The Morgan fingerprint density at radius 1 is 1.07 bits per heavy atom. The Kier molecular flexibility index (Phi) is 1.76. The van der Waals surface area contributed by atoms with Gasteiger partial charge in [0, 0.05) is 5.92 Å². The highest BCUT2D eigenvalue weighted by Gasteiger charge is 2.39. The minimum absolute atomic E-state index is 0.246. The molecule has 0 aliphatic heterocycles. The van der Waals surface area contributed by atoms with Crippen molar-refractivity contribution >= 4 is 10.8 Å². The summed E-state index contributed by atoms with van der Waals surface area (Å²) >= 11 is 0. The Hall–Kier alpha value is -1.81. The van der Waals surface area contributed by atoms with Crippen molar-refractivity contribution < 1.29 is 0 Å². The number of benzene rings is 2. The molecule has 0 unspecified atom stereocenters. The molecule has 1 fully saturated rings. The number of rotatable bonds is 1. The van der Waals surface area contributed by atoms with Gasteiger partial charge in [-0.3, -0.25) is 0 Å². The highest BCUT2D eigenvalue weighted by molar-refractivity contribution is 5.86. The number of hydrogen-bond donors (Lipinski definition) is 0. The molecule has 0 aromatic heterocycles. The Balaban J connectivity index is 2.16. The smallest absolute Gasteiger partial charge is 0.0662 e. The van der Waals surface area contributed by atoms with E-state index in [1.807, 2.05) is 0 Å². The van der Waals surface area contributed by atoms with Crippen LogP contribution in [0.1, 0.15) is 17.9 Å². The van der Waals surface area contributed by atoms with Gasteiger partial charge in [0.05, 0.1) is 12.0 Å². The minimum Gasteiger partial charge on any atom is -0.198 e. The number of nitriles is 1. The quantitative estimate of drug-likeness (QED) is 0.680. The number of hydrogen-bond acceptors (Lipinski definition) is 1. The van der Waals surface area contributed by atoms with E-state index in [9.17, 15) is 0 Å². The number of fused-ring (bicyclic) bond motifs is 1. The Morgan fingerprint density at radius 3 is 2.67 bits per heavy atom. The minimum atomic E-state index is 0.246. The molecule has 2 aromatic rings. The first kappa shape index (κ1) is 8.49. The van der Waals surface area contributed by atoms with Crippen LogP contribution in [0.15, 0.2) is 42.5 Å². The second kappa shape index (κ2) is 3.10. The maximum Gasteiger partial charge on any atom is 0.0662 e.